The van der Waals surface area contributed by atoms with Gasteiger partial charge in [0.25, 0.3) is 11.5 Å². The standard InChI is InChI=1S/C30H29N7O6/c1-17-25(33-23(38)14-15-24(39)43-30(2,3)4)28(41)37(35-17)22-13-10-19(16-31-22)27(40)34-29(42)36-21-12-11-20(32-26(21)36)18-8-6-5-7-9-18/h5-13,16,35H,14-15H2,1-4H3,(H,33,38)(H,34,40,42). The van der Waals surface area contributed by atoms with Crippen molar-refractivity contribution < 1.29 is 23.9 Å². The molecule has 4 amide bonds. The molecular formula is C30H29N7O6. The van der Waals surface area contributed by atoms with Crippen LogP contribution in [0.25, 0.3) is 17.1 Å². The number of nitrogens with one attached hydrogen (secondary N) is 3. The van der Waals surface area contributed by atoms with Crippen molar-refractivity contribution in [2.45, 2.75) is 46.1 Å². The van der Waals surface area contributed by atoms with E-state index < -0.39 is 35.0 Å². The lowest BCUT2D eigenvalue weighted by atomic mass is 10.1. The van der Waals surface area contributed by atoms with Crippen molar-refractivity contribution in [2.24, 2.45) is 0 Å². The third-order valence-electron chi connectivity index (χ3n) is 6.30. The SMILES string of the molecule is Cc1[nH]n(-c2ccc(C(=O)NC(=O)N3c4ccc(-c5ccccc5)nc43)cn2)c(=O)c1NC(=O)CCC(=O)OC(C)(C)C. The van der Waals surface area contributed by atoms with Crippen molar-refractivity contribution in [2.75, 3.05) is 10.2 Å². The molecule has 13 nitrogen and oxygen atoms in total. The highest BCUT2D eigenvalue weighted by atomic mass is 16.6. The molecule has 0 unspecified atom stereocenters. The maximum Gasteiger partial charge on any atom is 0.334 e. The van der Waals surface area contributed by atoms with Crippen molar-refractivity contribution >= 4 is 41.0 Å². The van der Waals surface area contributed by atoms with Crippen LogP contribution in [0, 0.1) is 6.92 Å². The molecule has 4 aromatic rings. The molecule has 0 atom stereocenters. The lowest BCUT2D eigenvalue weighted by Crippen LogP contribution is -2.35. The number of H-pyrrole nitrogens is 1. The first-order valence-corrected chi connectivity index (χ1v) is 13.4. The molecule has 13 heteroatoms. The largest absolute Gasteiger partial charge is 0.460 e. The first-order valence-electron chi connectivity index (χ1n) is 13.4. The number of imide groups is 1. The maximum absolute atomic E-state index is 13.0. The number of fused-ring (bicyclic) bond motifs is 1. The third-order valence-corrected chi connectivity index (χ3v) is 6.30. The number of carbonyl (C=O) groups is 4. The number of rotatable bonds is 7. The third kappa shape index (κ3) is 6.50. The van der Waals surface area contributed by atoms with Crippen molar-refractivity contribution in [1.82, 2.24) is 25.1 Å². The van der Waals surface area contributed by atoms with E-state index in [1.54, 1.807) is 39.8 Å². The number of aromatic nitrogens is 4. The van der Waals surface area contributed by atoms with Gasteiger partial charge in [0.15, 0.2) is 11.6 Å². The fourth-order valence-electron chi connectivity index (χ4n) is 4.25. The highest BCUT2D eigenvalue weighted by Crippen LogP contribution is 2.46. The number of carbonyl (C=O) groups excluding carboxylic acids is 4. The number of ether oxygens (including phenoxy) is 1. The van der Waals surface area contributed by atoms with Crippen LogP contribution in [0.1, 0.15) is 49.7 Å². The number of nitrogens with zero attached hydrogens (tertiary/aromatic N) is 4. The molecule has 220 valence electrons. The summed E-state index contributed by atoms with van der Waals surface area (Å²) < 4.78 is 6.30. The van der Waals surface area contributed by atoms with E-state index in [2.05, 4.69) is 25.7 Å². The number of esters is 1. The van der Waals surface area contributed by atoms with E-state index in [1.165, 1.54) is 23.2 Å². The Morgan fingerprint density at radius 3 is 2.40 bits per heavy atom. The summed E-state index contributed by atoms with van der Waals surface area (Å²) in [5.41, 5.74) is 1.44. The van der Waals surface area contributed by atoms with Crippen LogP contribution in [0.2, 0.25) is 0 Å². The van der Waals surface area contributed by atoms with E-state index in [-0.39, 0.29) is 29.9 Å². The van der Waals surface area contributed by atoms with Crippen LogP contribution in [-0.4, -0.2) is 49.2 Å². The van der Waals surface area contributed by atoms with Crippen molar-refractivity contribution in [3.05, 3.63) is 82.4 Å². The zero-order valence-electron chi connectivity index (χ0n) is 23.9. The molecule has 0 fully saturated rings. The summed E-state index contributed by atoms with van der Waals surface area (Å²) in [5, 5.41) is 7.67. The number of aryl methyl sites for hydroxylation is 1. The van der Waals surface area contributed by atoms with Gasteiger partial charge in [0, 0.05) is 18.2 Å². The number of hydrogen-bond acceptors (Lipinski definition) is 8. The Morgan fingerprint density at radius 2 is 1.72 bits per heavy atom. The van der Waals surface area contributed by atoms with Crippen LogP contribution in [0.15, 0.2) is 65.6 Å². The second kappa shape index (κ2) is 11.4. The zero-order valence-corrected chi connectivity index (χ0v) is 23.9. The molecule has 4 heterocycles. The molecule has 1 aliphatic rings. The van der Waals surface area contributed by atoms with E-state index in [4.69, 9.17) is 4.74 Å². The van der Waals surface area contributed by atoms with Gasteiger partial charge in [-0.2, -0.15) is 4.68 Å². The lowest BCUT2D eigenvalue weighted by Gasteiger charge is -2.19. The predicted molar refractivity (Wildman–Crippen MR) is 157 cm³/mol. The van der Waals surface area contributed by atoms with Crippen molar-refractivity contribution in [3.63, 3.8) is 0 Å². The van der Waals surface area contributed by atoms with Crippen LogP contribution < -0.4 is 21.1 Å². The molecule has 0 saturated carbocycles. The normalized spacial score (nSPS) is 11.9. The van der Waals surface area contributed by atoms with E-state index >= 15 is 0 Å². The van der Waals surface area contributed by atoms with Crippen LogP contribution in [-0.2, 0) is 14.3 Å². The molecule has 0 bridgehead atoms. The minimum atomic E-state index is -0.682. The minimum absolute atomic E-state index is 0.00508. The monoisotopic (exact) mass is 583 g/mol. The second-order valence-corrected chi connectivity index (χ2v) is 10.8. The van der Waals surface area contributed by atoms with Gasteiger partial charge in [0.05, 0.1) is 29.1 Å². The highest BCUT2D eigenvalue weighted by Gasteiger charge is 2.38. The number of urea groups is 1. The Hall–Kier alpha value is -5.59. The summed E-state index contributed by atoms with van der Waals surface area (Å²) in [6, 6.07) is 15.3. The quantitative estimate of drug-likeness (QED) is 0.217. The van der Waals surface area contributed by atoms with Gasteiger partial charge < -0.3 is 10.1 Å². The van der Waals surface area contributed by atoms with Crippen LogP contribution >= 0.6 is 0 Å². The smallest absolute Gasteiger partial charge is 0.334 e. The molecule has 0 saturated heterocycles. The summed E-state index contributed by atoms with van der Waals surface area (Å²) in [4.78, 5) is 72.6. The second-order valence-electron chi connectivity index (χ2n) is 10.8. The Balaban J connectivity index is 1.19. The first kappa shape index (κ1) is 28.9. The number of aromatic amines is 1. The molecule has 0 spiro atoms. The van der Waals surface area contributed by atoms with E-state index in [0.717, 1.165) is 10.2 Å². The Labute approximate surface area is 245 Å². The van der Waals surface area contributed by atoms with Crippen LogP contribution in [0.5, 0.6) is 0 Å². The summed E-state index contributed by atoms with van der Waals surface area (Å²) in [5.74, 6) is -1.11. The van der Waals surface area contributed by atoms with Gasteiger partial charge >= 0.3 is 12.0 Å². The van der Waals surface area contributed by atoms with Crippen molar-refractivity contribution in [1.29, 1.82) is 0 Å². The first-order chi connectivity index (χ1) is 20.4. The fourth-order valence-corrected chi connectivity index (χ4v) is 4.25. The van der Waals surface area contributed by atoms with Gasteiger partial charge in [-0.25, -0.2) is 19.7 Å². The molecular weight excluding hydrogens is 554 g/mol. The minimum Gasteiger partial charge on any atom is -0.460 e. The van der Waals surface area contributed by atoms with E-state index in [9.17, 15) is 24.0 Å². The van der Waals surface area contributed by atoms with Gasteiger partial charge in [0.1, 0.15) is 11.3 Å². The summed E-state index contributed by atoms with van der Waals surface area (Å²) in [6.07, 6.45) is 0.927. The number of anilines is 3. The Morgan fingerprint density at radius 1 is 0.977 bits per heavy atom. The lowest BCUT2D eigenvalue weighted by molar-refractivity contribution is -0.155. The summed E-state index contributed by atoms with van der Waals surface area (Å²) >= 11 is 0. The fraction of sp³-hybridized carbons (Fsp3) is 0.233. The predicted octanol–water partition coefficient (Wildman–Crippen LogP) is 3.99. The highest BCUT2D eigenvalue weighted by molar-refractivity contribution is 6.19. The molecule has 3 N–H and O–H groups in total. The van der Waals surface area contributed by atoms with Crippen LogP contribution in [0.4, 0.5) is 22.0 Å². The number of hydrogen-bond donors (Lipinski definition) is 3. The average Bonchev–Trinajstić information content (AvgIpc) is 3.63. The maximum atomic E-state index is 13.0. The molecule has 1 aromatic carbocycles. The van der Waals surface area contributed by atoms with E-state index in [0.29, 0.717) is 22.9 Å². The zero-order chi connectivity index (χ0) is 30.9. The van der Waals surface area contributed by atoms with Crippen molar-refractivity contribution in [3.8, 4) is 17.1 Å². The molecule has 5 rings (SSSR count). The Bertz CT molecular complexity index is 1790. The number of benzene rings is 1. The number of pyridine rings is 2. The molecule has 1 aliphatic heterocycles. The van der Waals surface area contributed by atoms with E-state index in [1.807, 2.05) is 30.3 Å². The number of amides is 4. The topological polar surface area (TPSA) is 168 Å². The van der Waals surface area contributed by atoms with Gasteiger partial charge in [-0.3, -0.25) is 29.6 Å². The average molecular weight is 584 g/mol. The molecule has 0 aliphatic carbocycles. The van der Waals surface area contributed by atoms with Gasteiger partial charge in [-0.1, -0.05) is 30.3 Å². The van der Waals surface area contributed by atoms with Gasteiger partial charge in [0.2, 0.25) is 5.91 Å². The van der Waals surface area contributed by atoms with Gasteiger partial charge in [-0.05, 0) is 52.0 Å². The summed E-state index contributed by atoms with van der Waals surface area (Å²) in [7, 11) is 0. The Kier molecular flexibility index (Phi) is 7.64. The molecule has 0 radical (unpaired) electrons. The molecule has 3 aromatic heterocycles. The van der Waals surface area contributed by atoms with Gasteiger partial charge in [-0.15, -0.1) is 0 Å². The molecule has 43 heavy (non-hydrogen) atoms. The summed E-state index contributed by atoms with van der Waals surface area (Å²) in [6.45, 7) is 6.78. The van der Waals surface area contributed by atoms with Crippen LogP contribution in [0.3, 0.4) is 0 Å².